The number of rotatable bonds is 6. The first-order valence-electron chi connectivity index (χ1n) is 12.0. The number of carbonyl (C=O) groups is 1. The van der Waals surface area contributed by atoms with E-state index in [1.807, 2.05) is 30.3 Å². The molecule has 190 valence electrons. The zero-order valence-corrected chi connectivity index (χ0v) is 20.9. The molecular weight excluding hydrogens is 492 g/mol. The quantitative estimate of drug-likeness (QED) is 0.457. The number of hydrogen-bond donors (Lipinski definition) is 0. The first-order valence-corrected chi connectivity index (χ1v) is 13.5. The summed E-state index contributed by atoms with van der Waals surface area (Å²) < 4.78 is 45.1. The second kappa shape index (κ2) is 10.2. The van der Waals surface area contributed by atoms with Gasteiger partial charge in [0.15, 0.2) is 11.5 Å². The molecule has 3 aromatic rings. The number of sulfonamides is 1. The van der Waals surface area contributed by atoms with Crippen molar-refractivity contribution in [1.82, 2.24) is 4.31 Å². The molecule has 0 spiro atoms. The van der Waals surface area contributed by atoms with E-state index in [4.69, 9.17) is 19.5 Å². The lowest BCUT2D eigenvalue weighted by atomic mass is 9.73. The van der Waals surface area contributed by atoms with Crippen molar-refractivity contribution in [1.29, 1.82) is 5.26 Å². The molecule has 0 aromatic heterocycles. The Kier molecular flexibility index (Phi) is 6.87. The third-order valence-electron chi connectivity index (χ3n) is 6.90. The van der Waals surface area contributed by atoms with Gasteiger partial charge in [-0.3, -0.25) is 4.79 Å². The Morgan fingerprint density at radius 3 is 2.30 bits per heavy atom. The molecule has 37 heavy (non-hydrogen) atoms. The Balaban J connectivity index is 1.34. The zero-order valence-electron chi connectivity index (χ0n) is 20.1. The molecule has 0 bridgehead atoms. The highest BCUT2D eigenvalue weighted by Crippen LogP contribution is 2.40. The first-order chi connectivity index (χ1) is 17.9. The Hall–Kier alpha value is -3.87. The van der Waals surface area contributed by atoms with E-state index in [0.29, 0.717) is 30.3 Å². The lowest BCUT2D eigenvalue weighted by Crippen LogP contribution is -2.49. The molecule has 0 aliphatic carbocycles. The molecular formula is C28H26N2O6S. The van der Waals surface area contributed by atoms with Crippen molar-refractivity contribution in [3.63, 3.8) is 0 Å². The average molecular weight is 519 g/mol. The van der Waals surface area contributed by atoms with E-state index in [1.165, 1.54) is 16.4 Å². The van der Waals surface area contributed by atoms with E-state index in [2.05, 4.69) is 6.07 Å². The monoisotopic (exact) mass is 518 g/mol. The molecule has 0 N–H and O–H groups in total. The fraction of sp³-hybridized carbons (Fsp3) is 0.286. The van der Waals surface area contributed by atoms with Crippen LogP contribution in [0.1, 0.15) is 29.5 Å². The van der Waals surface area contributed by atoms with Crippen molar-refractivity contribution in [3.05, 3.63) is 89.5 Å². The van der Waals surface area contributed by atoms with Crippen LogP contribution in [0.3, 0.4) is 0 Å². The minimum atomic E-state index is -3.80. The third kappa shape index (κ3) is 4.90. The minimum absolute atomic E-state index is 0.0678. The molecule has 0 radical (unpaired) electrons. The first kappa shape index (κ1) is 24.8. The number of nitrogens with zero attached hydrogens (tertiary/aromatic N) is 2. The Morgan fingerprint density at radius 2 is 1.62 bits per heavy atom. The van der Waals surface area contributed by atoms with Crippen molar-refractivity contribution in [2.24, 2.45) is 0 Å². The molecule has 9 heteroatoms. The number of benzene rings is 3. The number of hydrogen-bond acceptors (Lipinski definition) is 7. The van der Waals surface area contributed by atoms with Crippen LogP contribution in [0.5, 0.6) is 11.5 Å². The Morgan fingerprint density at radius 1 is 0.946 bits per heavy atom. The van der Waals surface area contributed by atoms with E-state index < -0.39 is 15.4 Å². The Bertz CT molecular complexity index is 1420. The van der Waals surface area contributed by atoms with Gasteiger partial charge in [-0.05, 0) is 48.2 Å². The summed E-state index contributed by atoms with van der Waals surface area (Å²) >= 11 is 0. The van der Waals surface area contributed by atoms with Gasteiger partial charge in [0, 0.05) is 19.2 Å². The van der Waals surface area contributed by atoms with Crippen LogP contribution in [0.15, 0.2) is 77.7 Å². The van der Waals surface area contributed by atoms with Crippen LogP contribution in [0.2, 0.25) is 0 Å². The van der Waals surface area contributed by atoms with Gasteiger partial charge in [-0.2, -0.15) is 9.57 Å². The topological polar surface area (TPSA) is 106 Å². The van der Waals surface area contributed by atoms with Crippen molar-refractivity contribution in [2.75, 3.05) is 26.3 Å². The van der Waals surface area contributed by atoms with Gasteiger partial charge in [0.2, 0.25) is 10.0 Å². The predicted molar refractivity (Wildman–Crippen MR) is 134 cm³/mol. The highest BCUT2D eigenvalue weighted by Gasteiger charge is 2.46. The molecule has 0 amide bonds. The summed E-state index contributed by atoms with van der Waals surface area (Å²) in [4.78, 5) is 13.7. The Labute approximate surface area is 216 Å². The largest absolute Gasteiger partial charge is 0.486 e. The van der Waals surface area contributed by atoms with E-state index in [1.54, 1.807) is 30.3 Å². The van der Waals surface area contributed by atoms with Crippen LogP contribution in [-0.2, 0) is 31.6 Å². The highest BCUT2D eigenvalue weighted by atomic mass is 32.2. The second-order valence-corrected chi connectivity index (χ2v) is 11.0. The molecule has 2 heterocycles. The summed E-state index contributed by atoms with van der Waals surface area (Å²) in [5, 5.41) is 8.99. The van der Waals surface area contributed by atoms with Crippen molar-refractivity contribution in [3.8, 4) is 17.6 Å². The van der Waals surface area contributed by atoms with Gasteiger partial charge in [0.25, 0.3) is 0 Å². The standard InChI is InChI=1S/C28H26N2O6S/c29-19-21-6-8-22(9-7-21)20-36-27(31)28(23-4-2-1-3-5-23)12-14-30(15-13-28)37(32,33)24-10-11-25-26(18-24)35-17-16-34-25/h1-11,18H,12-17,20H2. The van der Waals surface area contributed by atoms with E-state index in [-0.39, 0.29) is 43.4 Å². The summed E-state index contributed by atoms with van der Waals surface area (Å²) in [6.07, 6.45) is 0.569. The average Bonchev–Trinajstić information content (AvgIpc) is 2.96. The van der Waals surface area contributed by atoms with Gasteiger partial charge in [-0.15, -0.1) is 0 Å². The summed E-state index contributed by atoms with van der Waals surface area (Å²) in [5.41, 5.74) is 1.14. The lowest BCUT2D eigenvalue weighted by molar-refractivity contribution is -0.153. The van der Waals surface area contributed by atoms with Crippen LogP contribution in [0, 0.1) is 11.3 Å². The molecule has 2 aliphatic rings. The van der Waals surface area contributed by atoms with Crippen LogP contribution in [0.4, 0.5) is 0 Å². The molecule has 1 fully saturated rings. The maximum atomic E-state index is 13.5. The van der Waals surface area contributed by atoms with Gasteiger partial charge in [-0.1, -0.05) is 42.5 Å². The van der Waals surface area contributed by atoms with Crippen molar-refractivity contribution < 1.29 is 27.4 Å². The van der Waals surface area contributed by atoms with Gasteiger partial charge < -0.3 is 14.2 Å². The summed E-state index contributed by atoms with van der Waals surface area (Å²) in [6, 6.07) is 22.9. The molecule has 0 unspecified atom stereocenters. The molecule has 2 aliphatic heterocycles. The third-order valence-corrected chi connectivity index (χ3v) is 8.79. The van der Waals surface area contributed by atoms with E-state index in [9.17, 15) is 13.2 Å². The van der Waals surface area contributed by atoms with Gasteiger partial charge in [0.05, 0.1) is 21.9 Å². The SMILES string of the molecule is N#Cc1ccc(COC(=O)C2(c3ccccc3)CCN(S(=O)(=O)c3ccc4c(c3)OCCO4)CC2)cc1. The molecule has 1 saturated heterocycles. The minimum Gasteiger partial charge on any atom is -0.486 e. The summed E-state index contributed by atoms with van der Waals surface area (Å²) in [5.74, 6) is 0.547. The van der Waals surface area contributed by atoms with Crippen LogP contribution in [-0.4, -0.2) is 45.0 Å². The number of ether oxygens (including phenoxy) is 3. The van der Waals surface area contributed by atoms with Crippen molar-refractivity contribution >= 4 is 16.0 Å². The number of piperidine rings is 1. The smallest absolute Gasteiger partial charge is 0.316 e. The molecule has 3 aromatic carbocycles. The maximum absolute atomic E-state index is 13.5. The zero-order chi connectivity index (χ0) is 25.9. The molecule has 8 nitrogen and oxygen atoms in total. The number of nitriles is 1. The van der Waals surface area contributed by atoms with E-state index >= 15 is 0 Å². The molecule has 5 rings (SSSR count). The van der Waals surface area contributed by atoms with Gasteiger partial charge >= 0.3 is 5.97 Å². The summed E-state index contributed by atoms with van der Waals surface area (Å²) in [6.45, 7) is 1.19. The molecule has 0 atom stereocenters. The van der Waals surface area contributed by atoms with Crippen molar-refractivity contribution in [2.45, 2.75) is 29.8 Å². The van der Waals surface area contributed by atoms with Crippen LogP contribution in [0.25, 0.3) is 0 Å². The van der Waals surface area contributed by atoms with Crippen LogP contribution < -0.4 is 9.47 Å². The number of esters is 1. The predicted octanol–water partition coefficient (Wildman–Crippen LogP) is 3.80. The number of carbonyl (C=O) groups excluding carboxylic acids is 1. The fourth-order valence-electron chi connectivity index (χ4n) is 4.77. The highest BCUT2D eigenvalue weighted by molar-refractivity contribution is 7.89. The normalized spacial score (nSPS) is 16.9. The molecule has 0 saturated carbocycles. The van der Waals surface area contributed by atoms with E-state index in [0.717, 1.165) is 11.1 Å². The summed E-state index contributed by atoms with van der Waals surface area (Å²) in [7, 11) is -3.80. The van der Waals surface area contributed by atoms with Gasteiger partial charge in [-0.25, -0.2) is 8.42 Å². The second-order valence-electron chi connectivity index (χ2n) is 9.04. The number of fused-ring (bicyclic) bond motifs is 1. The van der Waals surface area contributed by atoms with Crippen LogP contribution >= 0.6 is 0 Å². The van der Waals surface area contributed by atoms with Gasteiger partial charge in [0.1, 0.15) is 19.8 Å². The lowest BCUT2D eigenvalue weighted by Gasteiger charge is -2.39. The maximum Gasteiger partial charge on any atom is 0.316 e. The fourth-order valence-corrected chi connectivity index (χ4v) is 6.23.